The number of carbonyl (C=O) groups is 1. The quantitative estimate of drug-likeness (QED) is 0.601. The highest BCUT2D eigenvalue weighted by molar-refractivity contribution is 9.10. The zero-order chi connectivity index (χ0) is 12.9. The van der Waals surface area contributed by atoms with Gasteiger partial charge in [-0.15, -0.1) is 4.83 Å². The van der Waals surface area contributed by atoms with Crippen molar-refractivity contribution in [2.75, 3.05) is 5.75 Å². The molecule has 1 aromatic rings. The Kier molecular flexibility index (Phi) is 5.54. The molecule has 17 heavy (non-hydrogen) atoms. The number of rotatable bonds is 6. The summed E-state index contributed by atoms with van der Waals surface area (Å²) in [6.45, 7) is 0. The fourth-order valence-electron chi connectivity index (χ4n) is 1.19. The van der Waals surface area contributed by atoms with Crippen LogP contribution in [0.3, 0.4) is 0 Å². The zero-order valence-electron chi connectivity index (χ0n) is 8.61. The second-order valence-electron chi connectivity index (χ2n) is 3.30. The number of hydrazine groups is 1. The molecule has 0 amide bonds. The average Bonchev–Trinajstić information content (AvgIpc) is 2.20. The van der Waals surface area contributed by atoms with Gasteiger partial charge in [-0.3, -0.25) is 4.79 Å². The van der Waals surface area contributed by atoms with Gasteiger partial charge in [0.15, 0.2) is 5.78 Å². The van der Waals surface area contributed by atoms with E-state index >= 15 is 0 Å². The van der Waals surface area contributed by atoms with Gasteiger partial charge in [0.25, 0.3) is 0 Å². The van der Waals surface area contributed by atoms with Crippen molar-refractivity contribution in [1.82, 2.24) is 9.78 Å². The van der Waals surface area contributed by atoms with Crippen LogP contribution in [0.25, 0.3) is 0 Å². The van der Waals surface area contributed by atoms with Crippen molar-refractivity contribution in [2.24, 2.45) is 0 Å². The Morgan fingerprint density at radius 3 is 2.41 bits per heavy atom. The first-order valence-corrected chi connectivity index (χ1v) is 7.36. The molecule has 0 aromatic heterocycles. The molecule has 0 heterocycles. The van der Waals surface area contributed by atoms with Crippen molar-refractivity contribution < 1.29 is 13.2 Å². The number of hydrogen-bond acceptors (Lipinski definition) is 4. The molecular formula is C9H10BrClN2O3S. The zero-order valence-corrected chi connectivity index (χ0v) is 11.8. The lowest BCUT2D eigenvalue weighted by Crippen LogP contribution is -2.35. The normalized spacial score (nSPS) is 11.4. The SMILES string of the molecule is O=C(Cc1ccc(Br)cc1)CS(=O)(=O)NNCl. The number of ketones is 1. The lowest BCUT2D eigenvalue weighted by molar-refractivity contribution is -0.116. The Bertz CT molecular complexity index is 489. The summed E-state index contributed by atoms with van der Waals surface area (Å²) in [4.78, 5) is 15.1. The third-order valence-electron chi connectivity index (χ3n) is 1.86. The van der Waals surface area contributed by atoms with Crippen LogP contribution in [0, 0.1) is 0 Å². The lowest BCUT2D eigenvalue weighted by Gasteiger charge is -2.03. The molecule has 0 spiro atoms. The van der Waals surface area contributed by atoms with Crippen molar-refractivity contribution in [2.45, 2.75) is 6.42 Å². The van der Waals surface area contributed by atoms with E-state index in [-0.39, 0.29) is 6.42 Å². The molecule has 8 heteroatoms. The monoisotopic (exact) mass is 340 g/mol. The maximum absolute atomic E-state index is 11.5. The first-order chi connectivity index (χ1) is 7.93. The minimum Gasteiger partial charge on any atom is -0.298 e. The molecule has 0 saturated carbocycles. The summed E-state index contributed by atoms with van der Waals surface area (Å²) < 4.78 is 23.3. The molecule has 0 aliphatic heterocycles. The Hall–Kier alpha value is -0.470. The van der Waals surface area contributed by atoms with Gasteiger partial charge in [0.2, 0.25) is 10.0 Å². The molecule has 0 unspecified atom stereocenters. The summed E-state index contributed by atoms with van der Waals surface area (Å²) in [6.07, 6.45) is 0.0659. The van der Waals surface area contributed by atoms with Gasteiger partial charge in [0.05, 0.1) is 0 Å². The summed E-state index contributed by atoms with van der Waals surface area (Å²) >= 11 is 8.26. The van der Waals surface area contributed by atoms with Crippen LogP contribution in [0.2, 0.25) is 0 Å². The van der Waals surface area contributed by atoms with Crippen molar-refractivity contribution in [3.05, 3.63) is 34.3 Å². The van der Waals surface area contributed by atoms with E-state index in [1.807, 2.05) is 0 Å². The van der Waals surface area contributed by atoms with Crippen LogP contribution >= 0.6 is 27.7 Å². The molecule has 0 fully saturated rings. The largest absolute Gasteiger partial charge is 0.298 e. The molecule has 1 aromatic carbocycles. The number of Topliss-reactive ketones (excluding diaryl/α,β-unsaturated/α-hetero) is 1. The molecular weight excluding hydrogens is 332 g/mol. The van der Waals surface area contributed by atoms with Crippen LogP contribution in [0.15, 0.2) is 28.7 Å². The fraction of sp³-hybridized carbons (Fsp3) is 0.222. The van der Waals surface area contributed by atoms with Crippen molar-refractivity contribution in [3.8, 4) is 0 Å². The number of nitrogens with one attached hydrogen (secondary N) is 2. The van der Waals surface area contributed by atoms with Crippen LogP contribution < -0.4 is 9.78 Å². The number of hydrogen-bond donors (Lipinski definition) is 2. The number of halogens is 2. The van der Waals surface area contributed by atoms with Crippen molar-refractivity contribution in [3.63, 3.8) is 0 Å². The molecule has 0 bridgehead atoms. The van der Waals surface area contributed by atoms with E-state index in [4.69, 9.17) is 11.8 Å². The van der Waals surface area contributed by atoms with E-state index in [0.29, 0.717) is 0 Å². The second kappa shape index (κ2) is 6.46. The smallest absolute Gasteiger partial charge is 0.232 e. The highest BCUT2D eigenvalue weighted by atomic mass is 79.9. The van der Waals surface area contributed by atoms with Crippen LogP contribution in [0.5, 0.6) is 0 Å². The van der Waals surface area contributed by atoms with Gasteiger partial charge >= 0.3 is 0 Å². The van der Waals surface area contributed by atoms with E-state index in [0.717, 1.165) is 10.0 Å². The van der Waals surface area contributed by atoms with E-state index in [2.05, 4.69) is 15.9 Å². The Morgan fingerprint density at radius 2 is 1.88 bits per heavy atom. The van der Waals surface area contributed by atoms with Gasteiger partial charge < -0.3 is 0 Å². The topological polar surface area (TPSA) is 75.3 Å². The van der Waals surface area contributed by atoms with E-state index in [9.17, 15) is 13.2 Å². The molecule has 0 aliphatic rings. The Balaban J connectivity index is 2.59. The molecule has 0 atom stereocenters. The fourth-order valence-corrected chi connectivity index (χ4v) is 2.52. The van der Waals surface area contributed by atoms with Crippen LogP contribution in [-0.4, -0.2) is 20.0 Å². The third kappa shape index (κ3) is 5.60. The predicted octanol–water partition coefficient (Wildman–Crippen LogP) is 1.14. The molecule has 0 radical (unpaired) electrons. The highest BCUT2D eigenvalue weighted by Crippen LogP contribution is 2.11. The standard InChI is InChI=1S/C9H10BrClN2O3S/c10-8-3-1-7(2-4-8)5-9(14)6-17(15,16)13-12-11/h1-4,12-13H,5-6H2. The van der Waals surface area contributed by atoms with E-state index < -0.39 is 21.6 Å². The maximum atomic E-state index is 11.5. The summed E-state index contributed by atoms with van der Waals surface area (Å²) in [6, 6.07) is 7.08. The summed E-state index contributed by atoms with van der Waals surface area (Å²) in [5.74, 6) is -1.02. The molecule has 0 aliphatic carbocycles. The first kappa shape index (κ1) is 14.6. The second-order valence-corrected chi connectivity index (χ2v) is 6.12. The van der Waals surface area contributed by atoms with Crippen molar-refractivity contribution in [1.29, 1.82) is 0 Å². The molecule has 94 valence electrons. The molecule has 0 saturated heterocycles. The maximum Gasteiger partial charge on any atom is 0.232 e. The van der Waals surface area contributed by atoms with E-state index in [1.165, 1.54) is 0 Å². The number of benzene rings is 1. The van der Waals surface area contributed by atoms with Crippen molar-refractivity contribution >= 4 is 43.5 Å². The van der Waals surface area contributed by atoms with Crippen LogP contribution in [-0.2, 0) is 21.2 Å². The highest BCUT2D eigenvalue weighted by Gasteiger charge is 2.15. The number of carbonyl (C=O) groups excluding carboxylic acids is 1. The molecule has 5 nitrogen and oxygen atoms in total. The van der Waals surface area contributed by atoms with Gasteiger partial charge in [0, 0.05) is 10.9 Å². The van der Waals surface area contributed by atoms with Gasteiger partial charge in [-0.25, -0.2) is 8.42 Å². The average molecular weight is 342 g/mol. The van der Waals surface area contributed by atoms with Gasteiger partial charge in [-0.2, -0.15) is 4.94 Å². The van der Waals surface area contributed by atoms with E-state index in [1.54, 1.807) is 34.0 Å². The Labute approximate surface area is 113 Å². The summed E-state index contributed by atoms with van der Waals surface area (Å²) in [5, 5.41) is 0. The molecule has 2 N–H and O–H groups in total. The van der Waals surface area contributed by atoms with Crippen LogP contribution in [0.1, 0.15) is 5.56 Å². The van der Waals surface area contributed by atoms with Gasteiger partial charge in [-0.05, 0) is 29.5 Å². The third-order valence-corrected chi connectivity index (χ3v) is 3.71. The first-order valence-electron chi connectivity index (χ1n) is 4.54. The molecule has 1 rings (SSSR count). The van der Waals surface area contributed by atoms with Gasteiger partial charge in [0.1, 0.15) is 5.75 Å². The minimum atomic E-state index is -3.71. The minimum absolute atomic E-state index is 0.0659. The Morgan fingerprint density at radius 1 is 1.29 bits per heavy atom. The predicted molar refractivity (Wildman–Crippen MR) is 68.8 cm³/mol. The van der Waals surface area contributed by atoms with Crippen LogP contribution in [0.4, 0.5) is 0 Å². The summed E-state index contributed by atoms with van der Waals surface area (Å²) in [5.41, 5.74) is 0.757. The number of sulfonamides is 1. The lowest BCUT2D eigenvalue weighted by atomic mass is 10.1. The summed E-state index contributed by atoms with van der Waals surface area (Å²) in [7, 11) is -3.71. The van der Waals surface area contributed by atoms with Gasteiger partial charge in [-0.1, -0.05) is 28.1 Å².